The minimum Gasteiger partial charge on any atom is -0.384 e. The van der Waals surface area contributed by atoms with Gasteiger partial charge in [-0.25, -0.2) is 0 Å². The number of rotatable bonds is 5. The lowest BCUT2D eigenvalue weighted by molar-refractivity contribution is 0.402. The molecule has 0 amide bonds. The van der Waals surface area contributed by atoms with Crippen molar-refractivity contribution in [1.82, 2.24) is 18.8 Å². The fourth-order valence-electron chi connectivity index (χ4n) is 1.18. The molecule has 8 heteroatoms. The van der Waals surface area contributed by atoms with Gasteiger partial charge in [-0.05, 0) is 13.8 Å². The summed E-state index contributed by atoms with van der Waals surface area (Å²) in [5, 5.41) is 3.94. The Labute approximate surface area is 102 Å². The SMILES string of the molecule is CC(C)N(C)S(=O)(=O)NCc1cnn(C)c1N. The maximum atomic E-state index is 11.8. The molecule has 0 saturated carbocycles. The first-order valence-corrected chi connectivity index (χ1v) is 6.68. The molecule has 98 valence electrons. The van der Waals surface area contributed by atoms with E-state index in [1.807, 2.05) is 0 Å². The van der Waals surface area contributed by atoms with E-state index >= 15 is 0 Å². The van der Waals surface area contributed by atoms with Gasteiger partial charge in [0.05, 0.1) is 6.20 Å². The number of aryl methyl sites for hydroxylation is 1. The lowest BCUT2D eigenvalue weighted by Crippen LogP contribution is -2.41. The summed E-state index contributed by atoms with van der Waals surface area (Å²) in [6.07, 6.45) is 1.55. The first kappa shape index (κ1) is 13.9. The number of hydrogen-bond donors (Lipinski definition) is 2. The summed E-state index contributed by atoms with van der Waals surface area (Å²) in [6.45, 7) is 3.74. The molecule has 3 N–H and O–H groups in total. The van der Waals surface area contributed by atoms with E-state index in [0.29, 0.717) is 11.4 Å². The monoisotopic (exact) mass is 261 g/mol. The number of nitrogens with zero attached hydrogens (tertiary/aromatic N) is 3. The Morgan fingerprint density at radius 3 is 2.59 bits per heavy atom. The largest absolute Gasteiger partial charge is 0.384 e. The number of aromatic nitrogens is 2. The van der Waals surface area contributed by atoms with Gasteiger partial charge in [0.25, 0.3) is 10.2 Å². The first-order chi connectivity index (χ1) is 7.75. The molecule has 0 aliphatic carbocycles. The van der Waals surface area contributed by atoms with Crippen molar-refractivity contribution in [3.8, 4) is 0 Å². The van der Waals surface area contributed by atoms with E-state index < -0.39 is 10.2 Å². The molecule has 1 heterocycles. The van der Waals surface area contributed by atoms with E-state index in [9.17, 15) is 8.42 Å². The lowest BCUT2D eigenvalue weighted by atomic mass is 10.3. The summed E-state index contributed by atoms with van der Waals surface area (Å²) in [5.74, 6) is 0.458. The second-order valence-electron chi connectivity index (χ2n) is 4.11. The number of nitrogens with one attached hydrogen (secondary N) is 1. The molecule has 0 aromatic carbocycles. The first-order valence-electron chi connectivity index (χ1n) is 5.24. The molecule has 0 aliphatic heterocycles. The smallest absolute Gasteiger partial charge is 0.279 e. The standard InChI is InChI=1S/C9H19N5O2S/c1-7(2)14(4)17(15,16)12-6-8-5-11-13(3)9(8)10/h5,7,12H,6,10H2,1-4H3. The van der Waals surface area contributed by atoms with Crippen LogP contribution < -0.4 is 10.5 Å². The number of anilines is 1. The maximum Gasteiger partial charge on any atom is 0.279 e. The molecule has 7 nitrogen and oxygen atoms in total. The number of hydrogen-bond acceptors (Lipinski definition) is 4. The number of nitrogen functional groups attached to an aromatic ring is 1. The highest BCUT2D eigenvalue weighted by atomic mass is 32.2. The normalized spacial score (nSPS) is 12.6. The fourth-order valence-corrected chi connectivity index (χ4v) is 2.27. The Morgan fingerprint density at radius 2 is 2.18 bits per heavy atom. The van der Waals surface area contributed by atoms with Gasteiger partial charge in [0, 0.05) is 32.2 Å². The van der Waals surface area contributed by atoms with Crippen LogP contribution in [0.3, 0.4) is 0 Å². The quantitative estimate of drug-likeness (QED) is 0.759. The van der Waals surface area contributed by atoms with Crippen molar-refractivity contribution in [2.75, 3.05) is 12.8 Å². The highest BCUT2D eigenvalue weighted by Crippen LogP contribution is 2.10. The van der Waals surface area contributed by atoms with E-state index in [4.69, 9.17) is 5.73 Å². The van der Waals surface area contributed by atoms with Crippen LogP contribution in [-0.4, -0.2) is 35.6 Å². The van der Waals surface area contributed by atoms with Gasteiger partial charge >= 0.3 is 0 Å². The van der Waals surface area contributed by atoms with Crippen molar-refractivity contribution in [2.45, 2.75) is 26.4 Å². The van der Waals surface area contributed by atoms with Gasteiger partial charge < -0.3 is 5.73 Å². The second kappa shape index (κ2) is 5.03. The molecule has 0 spiro atoms. The van der Waals surface area contributed by atoms with E-state index in [2.05, 4.69) is 9.82 Å². The van der Waals surface area contributed by atoms with Crippen LogP contribution in [-0.2, 0) is 23.8 Å². The third-order valence-corrected chi connectivity index (χ3v) is 4.30. The summed E-state index contributed by atoms with van der Waals surface area (Å²) < 4.78 is 28.9. The van der Waals surface area contributed by atoms with Crippen LogP contribution in [0.2, 0.25) is 0 Å². The summed E-state index contributed by atoms with van der Waals surface area (Å²) in [5.41, 5.74) is 6.38. The van der Waals surface area contributed by atoms with Gasteiger partial charge in [0.2, 0.25) is 0 Å². The molecule has 0 atom stereocenters. The highest BCUT2D eigenvalue weighted by Gasteiger charge is 2.20. The van der Waals surface area contributed by atoms with Crippen molar-refractivity contribution in [3.05, 3.63) is 11.8 Å². The van der Waals surface area contributed by atoms with E-state index in [1.165, 1.54) is 16.0 Å². The molecule has 0 fully saturated rings. The molecule has 0 aliphatic rings. The van der Waals surface area contributed by atoms with Gasteiger partial charge in [0.15, 0.2) is 0 Å². The van der Waals surface area contributed by atoms with E-state index in [-0.39, 0.29) is 12.6 Å². The molecular formula is C9H19N5O2S. The Hall–Kier alpha value is -1.12. The minimum absolute atomic E-state index is 0.0984. The third kappa shape index (κ3) is 3.18. The van der Waals surface area contributed by atoms with Crippen molar-refractivity contribution >= 4 is 16.0 Å². The zero-order valence-electron chi connectivity index (χ0n) is 10.5. The van der Waals surface area contributed by atoms with Gasteiger partial charge in [0.1, 0.15) is 5.82 Å². The summed E-state index contributed by atoms with van der Waals surface area (Å²) >= 11 is 0. The molecule has 17 heavy (non-hydrogen) atoms. The second-order valence-corrected chi connectivity index (χ2v) is 5.93. The molecule has 0 saturated heterocycles. The Balaban J connectivity index is 2.71. The summed E-state index contributed by atoms with van der Waals surface area (Å²) in [6, 6.07) is -0.0984. The predicted molar refractivity (Wildman–Crippen MR) is 66.3 cm³/mol. The van der Waals surface area contributed by atoms with Gasteiger partial charge in [-0.3, -0.25) is 4.68 Å². The minimum atomic E-state index is -3.47. The fraction of sp³-hybridized carbons (Fsp3) is 0.667. The molecule has 1 aromatic rings. The Morgan fingerprint density at radius 1 is 1.59 bits per heavy atom. The van der Waals surface area contributed by atoms with Crippen molar-refractivity contribution in [3.63, 3.8) is 0 Å². The van der Waals surface area contributed by atoms with Crippen molar-refractivity contribution < 1.29 is 8.42 Å². The van der Waals surface area contributed by atoms with Gasteiger partial charge in [-0.15, -0.1) is 0 Å². The average molecular weight is 261 g/mol. The third-order valence-electron chi connectivity index (χ3n) is 2.62. The van der Waals surface area contributed by atoms with Crippen LogP contribution in [0.1, 0.15) is 19.4 Å². The molecule has 0 radical (unpaired) electrons. The summed E-state index contributed by atoms with van der Waals surface area (Å²) in [4.78, 5) is 0. The molecular weight excluding hydrogens is 242 g/mol. The van der Waals surface area contributed by atoms with Crippen LogP contribution in [0.15, 0.2) is 6.20 Å². The zero-order chi connectivity index (χ0) is 13.2. The van der Waals surface area contributed by atoms with Crippen molar-refractivity contribution in [2.24, 2.45) is 7.05 Å². The molecule has 1 rings (SSSR count). The summed E-state index contributed by atoms with van der Waals surface area (Å²) in [7, 11) is -0.245. The lowest BCUT2D eigenvalue weighted by Gasteiger charge is -2.21. The van der Waals surface area contributed by atoms with Gasteiger partial charge in [-0.1, -0.05) is 0 Å². The van der Waals surface area contributed by atoms with Crippen LogP contribution in [0.25, 0.3) is 0 Å². The maximum absolute atomic E-state index is 11.8. The average Bonchev–Trinajstić information content (AvgIpc) is 2.56. The molecule has 0 bridgehead atoms. The van der Waals surface area contributed by atoms with E-state index in [0.717, 1.165) is 0 Å². The predicted octanol–water partition coefficient (Wildman–Crippen LogP) is -0.323. The van der Waals surface area contributed by atoms with Gasteiger partial charge in [-0.2, -0.15) is 22.5 Å². The molecule has 1 aromatic heterocycles. The van der Waals surface area contributed by atoms with E-state index in [1.54, 1.807) is 27.1 Å². The molecule has 0 unspecified atom stereocenters. The van der Waals surface area contributed by atoms with Crippen LogP contribution in [0.4, 0.5) is 5.82 Å². The van der Waals surface area contributed by atoms with Crippen LogP contribution >= 0.6 is 0 Å². The number of nitrogens with two attached hydrogens (primary N) is 1. The highest BCUT2D eigenvalue weighted by molar-refractivity contribution is 7.87. The van der Waals surface area contributed by atoms with Crippen LogP contribution in [0, 0.1) is 0 Å². The zero-order valence-corrected chi connectivity index (χ0v) is 11.3. The Bertz CT molecular complexity index is 480. The Kier molecular flexibility index (Phi) is 4.12. The van der Waals surface area contributed by atoms with Crippen molar-refractivity contribution in [1.29, 1.82) is 0 Å². The van der Waals surface area contributed by atoms with Crippen LogP contribution in [0.5, 0.6) is 0 Å². The topological polar surface area (TPSA) is 93.2 Å².